The zero-order chi connectivity index (χ0) is 18.0. The number of hydrogen-bond acceptors (Lipinski definition) is 5. The number of carbonyl (C=O) groups is 1. The van der Waals surface area contributed by atoms with Gasteiger partial charge in [-0.05, 0) is 29.8 Å². The van der Waals surface area contributed by atoms with Crippen molar-refractivity contribution in [2.24, 2.45) is 0 Å². The Hall–Kier alpha value is -2.87. The maximum absolute atomic E-state index is 12.2. The Balaban J connectivity index is 1.77. The predicted molar refractivity (Wildman–Crippen MR) is 91.6 cm³/mol. The monoisotopic (exact) mass is 360 g/mol. The summed E-state index contributed by atoms with van der Waals surface area (Å²) in [4.78, 5) is 12.2. The van der Waals surface area contributed by atoms with E-state index in [2.05, 4.69) is 5.32 Å². The fourth-order valence-corrected chi connectivity index (χ4v) is 3.75. The first-order valence-corrected chi connectivity index (χ1v) is 9.19. The molecule has 3 rings (SSSR count). The molecule has 0 spiro atoms. The second kappa shape index (κ2) is 6.56. The van der Waals surface area contributed by atoms with E-state index in [1.807, 2.05) is 12.1 Å². The van der Waals surface area contributed by atoms with Crippen molar-refractivity contribution in [3.8, 4) is 16.9 Å². The van der Waals surface area contributed by atoms with Gasteiger partial charge >= 0.3 is 5.91 Å². The molecule has 25 heavy (non-hydrogen) atoms. The van der Waals surface area contributed by atoms with Crippen LogP contribution in [-0.4, -0.2) is 33.2 Å². The molecule has 1 atom stereocenters. The molecule has 0 bridgehead atoms. The van der Waals surface area contributed by atoms with Gasteiger partial charge in [0, 0.05) is 17.0 Å². The molecular weight excluding hydrogens is 344 g/mol. The highest BCUT2D eigenvalue weighted by molar-refractivity contribution is 7.94. The fourth-order valence-electron chi connectivity index (χ4n) is 2.52. The summed E-state index contributed by atoms with van der Waals surface area (Å²) in [5.74, 6) is -0.112. The Bertz CT molecular complexity index is 936. The minimum absolute atomic E-state index is 0.102. The quantitative estimate of drug-likeness (QED) is 0.649. The molecule has 1 aliphatic heterocycles. The number of methoxy groups -OCH3 is 1. The Morgan fingerprint density at radius 2 is 1.88 bits per heavy atom. The first-order chi connectivity index (χ1) is 11.9. The molecule has 1 aliphatic rings. The summed E-state index contributed by atoms with van der Waals surface area (Å²) in [5.41, 5.74) is 1.36. The molecule has 8 heteroatoms. The van der Waals surface area contributed by atoms with Crippen LogP contribution in [0.2, 0.25) is 0 Å². The second-order valence-corrected chi connectivity index (χ2v) is 7.53. The van der Waals surface area contributed by atoms with Crippen LogP contribution in [0, 0.1) is 5.21 Å². The third-order valence-electron chi connectivity index (χ3n) is 3.82. The molecule has 130 valence electrons. The van der Waals surface area contributed by atoms with E-state index in [1.54, 1.807) is 25.3 Å². The van der Waals surface area contributed by atoms with Crippen LogP contribution in [0.15, 0.2) is 54.1 Å². The third-order valence-corrected chi connectivity index (χ3v) is 5.21. The minimum atomic E-state index is -3.27. The molecule has 1 aromatic heterocycles. The smallest absolute Gasteiger partial charge is 0.317 e. The molecule has 0 radical (unpaired) electrons. The van der Waals surface area contributed by atoms with Crippen molar-refractivity contribution in [1.82, 2.24) is 5.32 Å². The highest BCUT2D eigenvalue weighted by atomic mass is 32.2. The number of sulfone groups is 1. The highest BCUT2D eigenvalue weighted by Gasteiger charge is 2.26. The molecule has 1 aromatic carbocycles. The molecule has 1 amide bonds. The lowest BCUT2D eigenvalue weighted by molar-refractivity contribution is -0.607. The number of ether oxygens (including phenoxy) is 1. The standard InChI is InChI=1S/C17H16N2O5S/c1-24-15-5-2-12(3-6-15)13-4-7-16(19(21)10-13)17(20)18-14-8-9-25(22,23)11-14/h2-10,14H,11H2,1H3,(H,18,20)/t14-/m1/s1. The van der Waals surface area contributed by atoms with Gasteiger partial charge in [0.2, 0.25) is 0 Å². The number of pyridine rings is 1. The van der Waals surface area contributed by atoms with E-state index in [1.165, 1.54) is 18.3 Å². The van der Waals surface area contributed by atoms with Gasteiger partial charge in [0.15, 0.2) is 16.0 Å². The molecule has 2 heterocycles. The zero-order valence-corrected chi connectivity index (χ0v) is 14.2. The van der Waals surface area contributed by atoms with E-state index in [-0.39, 0.29) is 11.4 Å². The summed E-state index contributed by atoms with van der Waals surface area (Å²) < 4.78 is 28.3. The average molecular weight is 360 g/mol. The first-order valence-electron chi connectivity index (χ1n) is 7.47. The van der Waals surface area contributed by atoms with Gasteiger partial charge in [-0.1, -0.05) is 12.1 Å². The molecule has 0 saturated heterocycles. The summed E-state index contributed by atoms with van der Waals surface area (Å²) in [6.07, 6.45) is 2.70. The number of rotatable bonds is 4. The Kier molecular flexibility index (Phi) is 4.45. The molecule has 0 aliphatic carbocycles. The van der Waals surface area contributed by atoms with Crippen LogP contribution >= 0.6 is 0 Å². The van der Waals surface area contributed by atoms with Crippen LogP contribution in [-0.2, 0) is 9.84 Å². The Labute approximate surface area is 145 Å². The largest absolute Gasteiger partial charge is 0.618 e. The zero-order valence-electron chi connectivity index (χ0n) is 13.4. The number of amides is 1. The molecule has 0 unspecified atom stereocenters. The topological polar surface area (TPSA) is 99.4 Å². The van der Waals surface area contributed by atoms with Gasteiger partial charge in [-0.15, -0.1) is 0 Å². The summed E-state index contributed by atoms with van der Waals surface area (Å²) in [7, 11) is -1.70. The van der Waals surface area contributed by atoms with Crippen molar-refractivity contribution in [2.75, 3.05) is 12.9 Å². The number of nitrogens with zero attached hydrogens (tertiary/aromatic N) is 1. The maximum atomic E-state index is 12.2. The lowest BCUT2D eigenvalue weighted by atomic mass is 10.1. The molecule has 0 fully saturated rings. The third kappa shape index (κ3) is 3.80. The van der Waals surface area contributed by atoms with Crippen molar-refractivity contribution in [1.29, 1.82) is 0 Å². The van der Waals surface area contributed by atoms with Crippen molar-refractivity contribution < 1.29 is 22.7 Å². The van der Waals surface area contributed by atoms with Crippen LogP contribution < -0.4 is 14.8 Å². The summed E-state index contributed by atoms with van der Waals surface area (Å²) >= 11 is 0. The number of carbonyl (C=O) groups excluding carboxylic acids is 1. The van der Waals surface area contributed by atoms with E-state index in [9.17, 15) is 18.4 Å². The molecule has 7 nitrogen and oxygen atoms in total. The number of nitrogens with one attached hydrogen (secondary N) is 1. The van der Waals surface area contributed by atoms with Gasteiger partial charge in [0.25, 0.3) is 5.69 Å². The summed E-state index contributed by atoms with van der Waals surface area (Å²) in [5, 5.41) is 15.8. The lowest BCUT2D eigenvalue weighted by Gasteiger charge is -2.11. The van der Waals surface area contributed by atoms with Gasteiger partial charge in [-0.2, -0.15) is 4.73 Å². The number of aromatic nitrogens is 1. The maximum Gasteiger partial charge on any atom is 0.317 e. The fraction of sp³-hybridized carbons (Fsp3) is 0.176. The summed E-state index contributed by atoms with van der Waals surface area (Å²) in [6, 6.07) is 9.61. The minimum Gasteiger partial charge on any atom is -0.618 e. The van der Waals surface area contributed by atoms with E-state index in [4.69, 9.17) is 4.74 Å². The van der Waals surface area contributed by atoms with Gasteiger partial charge in [-0.25, -0.2) is 8.42 Å². The van der Waals surface area contributed by atoms with Gasteiger partial charge in [0.05, 0.1) is 18.9 Å². The van der Waals surface area contributed by atoms with E-state index in [0.717, 1.165) is 11.0 Å². The van der Waals surface area contributed by atoms with Crippen molar-refractivity contribution in [3.63, 3.8) is 0 Å². The van der Waals surface area contributed by atoms with Crippen molar-refractivity contribution in [2.45, 2.75) is 6.04 Å². The molecule has 0 saturated carbocycles. The normalized spacial score (nSPS) is 18.0. The second-order valence-electron chi connectivity index (χ2n) is 5.60. The van der Waals surface area contributed by atoms with E-state index >= 15 is 0 Å². The highest BCUT2D eigenvalue weighted by Crippen LogP contribution is 2.21. The number of benzene rings is 1. The molecule has 1 N–H and O–H groups in total. The van der Waals surface area contributed by atoms with Crippen LogP contribution in [0.25, 0.3) is 11.1 Å². The van der Waals surface area contributed by atoms with Crippen LogP contribution in [0.5, 0.6) is 5.75 Å². The van der Waals surface area contributed by atoms with Crippen molar-refractivity contribution >= 4 is 15.7 Å². The van der Waals surface area contributed by atoms with Crippen molar-refractivity contribution in [3.05, 3.63) is 65.0 Å². The van der Waals surface area contributed by atoms with Crippen LogP contribution in [0.3, 0.4) is 0 Å². The predicted octanol–water partition coefficient (Wildman–Crippen LogP) is 1.04. The average Bonchev–Trinajstić information content (AvgIpc) is 2.93. The number of hydrogen-bond donors (Lipinski definition) is 1. The molecular formula is C17H16N2O5S. The van der Waals surface area contributed by atoms with Gasteiger partial charge < -0.3 is 15.3 Å². The van der Waals surface area contributed by atoms with E-state index < -0.39 is 21.8 Å². The van der Waals surface area contributed by atoms with E-state index in [0.29, 0.717) is 16.0 Å². The summed E-state index contributed by atoms with van der Waals surface area (Å²) in [6.45, 7) is 0. The molecule has 2 aromatic rings. The Morgan fingerprint density at radius 3 is 2.44 bits per heavy atom. The van der Waals surface area contributed by atoms with Gasteiger partial charge in [-0.3, -0.25) is 4.79 Å². The van der Waals surface area contributed by atoms with Crippen LogP contribution in [0.4, 0.5) is 0 Å². The first kappa shape index (κ1) is 17.0. The Morgan fingerprint density at radius 1 is 1.20 bits per heavy atom. The SMILES string of the molecule is COc1ccc(-c2ccc(C(=O)N[C@@H]3C=CS(=O)(=O)C3)[n+]([O-])c2)cc1. The lowest BCUT2D eigenvalue weighted by Crippen LogP contribution is -2.43. The van der Waals surface area contributed by atoms with Gasteiger partial charge in [0.1, 0.15) is 5.75 Å². The van der Waals surface area contributed by atoms with Crippen LogP contribution in [0.1, 0.15) is 10.5 Å².